The Kier molecular flexibility index (Phi) is 7.71. The summed E-state index contributed by atoms with van der Waals surface area (Å²) in [6, 6.07) is 13.6. The van der Waals surface area contributed by atoms with Crippen LogP contribution in [-0.4, -0.2) is 40.3 Å². The van der Waals surface area contributed by atoms with E-state index in [1.54, 1.807) is 12.1 Å². The summed E-state index contributed by atoms with van der Waals surface area (Å²) in [5, 5.41) is 3.16. The highest BCUT2D eigenvalue weighted by Crippen LogP contribution is 2.34. The summed E-state index contributed by atoms with van der Waals surface area (Å²) in [7, 11) is -2.32. The van der Waals surface area contributed by atoms with Crippen molar-refractivity contribution in [1.82, 2.24) is 5.32 Å². The van der Waals surface area contributed by atoms with Crippen LogP contribution in [0.4, 0.5) is 5.69 Å². The normalized spacial score (nSPS) is 12.3. The van der Waals surface area contributed by atoms with Crippen molar-refractivity contribution < 1.29 is 17.9 Å². The molecule has 0 aromatic heterocycles. The van der Waals surface area contributed by atoms with Gasteiger partial charge >= 0.3 is 0 Å². The Bertz CT molecular complexity index is 904. The molecule has 8 heteroatoms. The third kappa shape index (κ3) is 5.87. The largest absolute Gasteiger partial charge is 0.495 e. The monoisotopic (exact) mass is 424 g/mol. The van der Waals surface area contributed by atoms with E-state index in [1.165, 1.54) is 25.7 Å². The first kappa shape index (κ1) is 22.0. The molecular formula is C20H25ClN2O4S. The maximum Gasteiger partial charge on any atom is 0.243 e. The number of sulfonamides is 1. The predicted octanol–water partition coefficient (Wildman–Crippen LogP) is 3.25. The average molecular weight is 425 g/mol. The second-order valence-corrected chi connectivity index (χ2v) is 8.73. The number of benzene rings is 2. The lowest BCUT2D eigenvalue weighted by molar-refractivity contribution is -0.121. The maximum absolute atomic E-state index is 12.6. The minimum Gasteiger partial charge on any atom is -0.495 e. The van der Waals surface area contributed by atoms with E-state index >= 15 is 0 Å². The van der Waals surface area contributed by atoms with E-state index in [4.69, 9.17) is 16.3 Å². The predicted molar refractivity (Wildman–Crippen MR) is 113 cm³/mol. The smallest absolute Gasteiger partial charge is 0.243 e. The van der Waals surface area contributed by atoms with Crippen molar-refractivity contribution in [3.63, 3.8) is 0 Å². The number of carbonyl (C=O) groups excluding carboxylic acids is 1. The molecule has 0 spiro atoms. The third-order valence-corrected chi connectivity index (χ3v) is 5.71. The molecule has 1 N–H and O–H groups in total. The quantitative estimate of drug-likeness (QED) is 0.627. The van der Waals surface area contributed by atoms with Gasteiger partial charge in [0, 0.05) is 11.6 Å². The third-order valence-electron chi connectivity index (χ3n) is 4.25. The molecule has 0 aliphatic carbocycles. The van der Waals surface area contributed by atoms with Crippen LogP contribution in [0.2, 0.25) is 5.02 Å². The number of amides is 1. The van der Waals surface area contributed by atoms with Crippen LogP contribution >= 0.6 is 11.6 Å². The zero-order chi connectivity index (χ0) is 20.7. The van der Waals surface area contributed by atoms with Gasteiger partial charge in [0.2, 0.25) is 15.9 Å². The Morgan fingerprint density at radius 2 is 1.89 bits per heavy atom. The lowest BCUT2D eigenvalue weighted by atomic mass is 10.1. The number of methoxy groups -OCH3 is 1. The number of hydrogen-bond acceptors (Lipinski definition) is 4. The zero-order valence-electron chi connectivity index (χ0n) is 16.2. The highest BCUT2D eigenvalue weighted by atomic mass is 35.5. The fourth-order valence-corrected chi connectivity index (χ4v) is 4.25. The molecule has 152 valence electrons. The molecule has 2 rings (SSSR count). The summed E-state index contributed by atoms with van der Waals surface area (Å²) in [5.74, 6) is -0.0703. The van der Waals surface area contributed by atoms with Crippen LogP contribution in [0, 0.1) is 0 Å². The van der Waals surface area contributed by atoms with Crippen molar-refractivity contribution in [3.05, 3.63) is 59.1 Å². The second-order valence-electron chi connectivity index (χ2n) is 6.43. The number of anilines is 1. The summed E-state index contributed by atoms with van der Waals surface area (Å²) in [6.45, 7) is 1.98. The van der Waals surface area contributed by atoms with E-state index in [-0.39, 0.29) is 11.6 Å². The van der Waals surface area contributed by atoms with Crippen molar-refractivity contribution in [2.45, 2.75) is 25.8 Å². The molecule has 6 nitrogen and oxygen atoms in total. The van der Waals surface area contributed by atoms with Crippen molar-refractivity contribution in [2.24, 2.45) is 0 Å². The number of rotatable bonds is 9. The Balaban J connectivity index is 2.09. The van der Waals surface area contributed by atoms with Crippen LogP contribution in [0.3, 0.4) is 0 Å². The van der Waals surface area contributed by atoms with E-state index in [2.05, 4.69) is 5.32 Å². The van der Waals surface area contributed by atoms with Gasteiger partial charge in [-0.2, -0.15) is 0 Å². The fourth-order valence-electron chi connectivity index (χ4n) is 2.91. The van der Waals surface area contributed by atoms with Gasteiger partial charge in [-0.3, -0.25) is 9.10 Å². The number of halogens is 1. The number of hydrogen-bond donors (Lipinski definition) is 1. The van der Waals surface area contributed by atoms with E-state index in [1.807, 2.05) is 30.3 Å². The summed E-state index contributed by atoms with van der Waals surface area (Å²) < 4.78 is 31.1. The molecule has 2 aromatic carbocycles. The number of aryl methyl sites for hydroxylation is 1. The van der Waals surface area contributed by atoms with Crippen molar-refractivity contribution in [1.29, 1.82) is 0 Å². The average Bonchev–Trinajstić information content (AvgIpc) is 2.65. The van der Waals surface area contributed by atoms with Crippen LogP contribution < -0.4 is 14.4 Å². The molecule has 0 unspecified atom stereocenters. The van der Waals surface area contributed by atoms with E-state index in [9.17, 15) is 13.2 Å². The standard InChI is InChI=1S/C20H25ClN2O4S/c1-15(20(24)22-13-7-10-16-8-5-4-6-9-16)23(28(3,25)26)18-14-17(21)11-12-19(18)27-2/h4-6,8-9,11-12,14-15H,7,10,13H2,1-3H3,(H,22,24)/t15-/m1/s1. The summed E-state index contributed by atoms with van der Waals surface area (Å²) in [6.07, 6.45) is 2.63. The van der Waals surface area contributed by atoms with Crippen LogP contribution in [0.25, 0.3) is 0 Å². The molecule has 0 saturated carbocycles. The highest BCUT2D eigenvalue weighted by molar-refractivity contribution is 7.92. The molecule has 28 heavy (non-hydrogen) atoms. The first-order valence-corrected chi connectivity index (χ1v) is 11.1. The van der Waals surface area contributed by atoms with Gasteiger partial charge in [-0.05, 0) is 43.5 Å². The van der Waals surface area contributed by atoms with Gasteiger partial charge in [0.25, 0.3) is 0 Å². The van der Waals surface area contributed by atoms with Crippen LogP contribution in [-0.2, 0) is 21.2 Å². The number of carbonyl (C=O) groups is 1. The fraction of sp³-hybridized carbons (Fsp3) is 0.350. The van der Waals surface area contributed by atoms with Crippen molar-refractivity contribution in [2.75, 3.05) is 24.2 Å². The molecule has 1 amide bonds. The molecule has 0 saturated heterocycles. The van der Waals surface area contributed by atoms with Crippen molar-refractivity contribution >= 4 is 33.2 Å². The van der Waals surface area contributed by atoms with Crippen molar-refractivity contribution in [3.8, 4) is 5.75 Å². The van der Waals surface area contributed by atoms with Crippen LogP contribution in [0.1, 0.15) is 18.9 Å². The summed E-state index contributed by atoms with van der Waals surface area (Å²) in [4.78, 5) is 12.6. The molecule has 0 bridgehead atoms. The molecule has 0 heterocycles. The summed E-state index contributed by atoms with van der Waals surface area (Å²) in [5.41, 5.74) is 1.41. The maximum atomic E-state index is 12.6. The van der Waals surface area contributed by atoms with Crippen LogP contribution in [0.5, 0.6) is 5.75 Å². The number of ether oxygens (including phenoxy) is 1. The Labute approximate surface area is 171 Å². The van der Waals surface area contributed by atoms with Gasteiger partial charge in [0.15, 0.2) is 0 Å². The van der Waals surface area contributed by atoms with Gasteiger partial charge in [-0.25, -0.2) is 8.42 Å². The van der Waals surface area contributed by atoms with Gasteiger partial charge in [0.1, 0.15) is 11.8 Å². The molecule has 1 atom stereocenters. The molecule has 0 aliphatic rings. The lowest BCUT2D eigenvalue weighted by Gasteiger charge is -2.29. The number of nitrogens with zero attached hydrogens (tertiary/aromatic N) is 1. The molecule has 2 aromatic rings. The molecule has 0 radical (unpaired) electrons. The lowest BCUT2D eigenvalue weighted by Crippen LogP contribution is -2.48. The van der Waals surface area contributed by atoms with E-state index in [0.717, 1.165) is 23.4 Å². The van der Waals surface area contributed by atoms with E-state index < -0.39 is 16.1 Å². The highest BCUT2D eigenvalue weighted by Gasteiger charge is 2.31. The number of nitrogens with one attached hydrogen (secondary N) is 1. The van der Waals surface area contributed by atoms with Gasteiger partial charge < -0.3 is 10.1 Å². The molecule has 0 fully saturated rings. The van der Waals surface area contributed by atoms with Gasteiger partial charge in [-0.15, -0.1) is 0 Å². The van der Waals surface area contributed by atoms with Crippen LogP contribution in [0.15, 0.2) is 48.5 Å². The Morgan fingerprint density at radius 3 is 2.50 bits per heavy atom. The topological polar surface area (TPSA) is 75.7 Å². The molecular weight excluding hydrogens is 400 g/mol. The minimum absolute atomic E-state index is 0.226. The van der Waals surface area contributed by atoms with Gasteiger partial charge in [-0.1, -0.05) is 41.9 Å². The first-order valence-electron chi connectivity index (χ1n) is 8.88. The Hall–Kier alpha value is -2.25. The van der Waals surface area contributed by atoms with E-state index in [0.29, 0.717) is 17.3 Å². The minimum atomic E-state index is -3.75. The Morgan fingerprint density at radius 1 is 1.21 bits per heavy atom. The first-order chi connectivity index (χ1) is 13.2. The van der Waals surface area contributed by atoms with Gasteiger partial charge in [0.05, 0.1) is 19.1 Å². The second kappa shape index (κ2) is 9.80. The summed E-state index contributed by atoms with van der Waals surface area (Å²) >= 11 is 6.04. The SMILES string of the molecule is COc1ccc(Cl)cc1N([C@H](C)C(=O)NCCCc1ccccc1)S(C)(=O)=O. The molecule has 0 aliphatic heterocycles. The zero-order valence-corrected chi connectivity index (χ0v) is 17.8.